The number of rotatable bonds is 3. The number of nitrogens with zero attached hydrogens (tertiary/aromatic N) is 2. The summed E-state index contributed by atoms with van der Waals surface area (Å²) in [5.74, 6) is -0.168. The summed E-state index contributed by atoms with van der Waals surface area (Å²) in [6.45, 7) is 4.18. The molecule has 2 aromatic rings. The molecule has 1 aliphatic heterocycles. The van der Waals surface area contributed by atoms with Gasteiger partial charge in [0.1, 0.15) is 5.82 Å². The maximum Gasteiger partial charge on any atom is 0.230 e. The number of halogens is 1. The van der Waals surface area contributed by atoms with Crippen molar-refractivity contribution in [2.75, 3.05) is 16.8 Å². The zero-order chi connectivity index (χ0) is 17.3. The van der Waals surface area contributed by atoms with Crippen molar-refractivity contribution in [3.8, 4) is 0 Å². The minimum Gasteiger partial charge on any atom is -0.312 e. The number of amides is 2. The Bertz CT molecular complexity index is 807. The van der Waals surface area contributed by atoms with Crippen molar-refractivity contribution in [3.05, 3.63) is 52.7 Å². The lowest BCUT2D eigenvalue weighted by molar-refractivity contribution is -0.122. The molecule has 124 valence electrons. The van der Waals surface area contributed by atoms with Gasteiger partial charge in [-0.25, -0.2) is 4.98 Å². The Labute approximate surface area is 145 Å². The van der Waals surface area contributed by atoms with Crippen LogP contribution in [0.25, 0.3) is 0 Å². The molecule has 2 heterocycles. The van der Waals surface area contributed by atoms with Crippen molar-refractivity contribution < 1.29 is 9.59 Å². The quantitative estimate of drug-likeness (QED) is 0.929. The summed E-state index contributed by atoms with van der Waals surface area (Å²) in [6.07, 6.45) is 1.83. The van der Waals surface area contributed by atoms with E-state index in [1.54, 1.807) is 23.2 Å². The van der Waals surface area contributed by atoms with Crippen LogP contribution < -0.4 is 10.2 Å². The van der Waals surface area contributed by atoms with Gasteiger partial charge >= 0.3 is 0 Å². The van der Waals surface area contributed by atoms with Gasteiger partial charge in [0, 0.05) is 29.9 Å². The Kier molecular flexibility index (Phi) is 4.53. The summed E-state index contributed by atoms with van der Waals surface area (Å²) in [5.41, 5.74) is 2.69. The molecule has 6 heteroatoms. The Morgan fingerprint density at radius 1 is 1.29 bits per heavy atom. The topological polar surface area (TPSA) is 62.3 Å². The number of hydrogen-bond acceptors (Lipinski definition) is 3. The molecule has 1 fully saturated rings. The summed E-state index contributed by atoms with van der Waals surface area (Å²) in [5, 5.41) is 3.39. The molecule has 1 atom stereocenters. The van der Waals surface area contributed by atoms with E-state index in [0.717, 1.165) is 16.8 Å². The molecule has 1 aromatic heterocycles. The maximum atomic E-state index is 12.4. The number of aromatic nitrogens is 1. The highest BCUT2D eigenvalue weighted by molar-refractivity contribution is 6.31. The first-order chi connectivity index (χ1) is 11.4. The van der Waals surface area contributed by atoms with E-state index >= 15 is 0 Å². The van der Waals surface area contributed by atoms with E-state index in [1.807, 2.05) is 32.0 Å². The summed E-state index contributed by atoms with van der Waals surface area (Å²) >= 11 is 6.14. The Morgan fingerprint density at radius 2 is 2.08 bits per heavy atom. The molecular formula is C18H18ClN3O2. The molecule has 1 aliphatic rings. The normalized spacial score (nSPS) is 17.2. The van der Waals surface area contributed by atoms with Crippen molar-refractivity contribution in [1.29, 1.82) is 0 Å². The lowest BCUT2D eigenvalue weighted by Gasteiger charge is -2.17. The minimum atomic E-state index is -0.403. The van der Waals surface area contributed by atoms with Gasteiger partial charge in [0.2, 0.25) is 11.8 Å². The van der Waals surface area contributed by atoms with Gasteiger partial charge in [-0.3, -0.25) is 9.59 Å². The summed E-state index contributed by atoms with van der Waals surface area (Å²) in [7, 11) is 0. The van der Waals surface area contributed by atoms with E-state index in [4.69, 9.17) is 11.6 Å². The van der Waals surface area contributed by atoms with Gasteiger partial charge in [0.05, 0.1) is 5.92 Å². The van der Waals surface area contributed by atoms with Crippen LogP contribution in [0.15, 0.2) is 36.5 Å². The number of hydrogen-bond donors (Lipinski definition) is 1. The first kappa shape index (κ1) is 16.5. The van der Waals surface area contributed by atoms with Gasteiger partial charge in [0.25, 0.3) is 0 Å². The van der Waals surface area contributed by atoms with Crippen LogP contribution in [0.5, 0.6) is 0 Å². The number of nitrogens with one attached hydrogen (secondary N) is 1. The van der Waals surface area contributed by atoms with Crippen molar-refractivity contribution in [2.45, 2.75) is 20.3 Å². The van der Waals surface area contributed by atoms with Crippen molar-refractivity contribution in [1.82, 2.24) is 4.98 Å². The van der Waals surface area contributed by atoms with Crippen molar-refractivity contribution in [3.63, 3.8) is 0 Å². The number of carbonyl (C=O) groups is 2. The number of benzene rings is 1. The molecule has 2 amide bonds. The number of anilines is 2. The third-order valence-electron chi connectivity index (χ3n) is 4.13. The molecule has 0 spiro atoms. The van der Waals surface area contributed by atoms with E-state index in [-0.39, 0.29) is 18.2 Å². The third-order valence-corrected chi connectivity index (χ3v) is 4.54. The van der Waals surface area contributed by atoms with Crippen LogP contribution >= 0.6 is 11.6 Å². The maximum absolute atomic E-state index is 12.4. The summed E-state index contributed by atoms with van der Waals surface area (Å²) in [4.78, 5) is 30.4. The highest BCUT2D eigenvalue weighted by atomic mass is 35.5. The van der Waals surface area contributed by atoms with Gasteiger partial charge in [0.15, 0.2) is 0 Å². The van der Waals surface area contributed by atoms with Crippen LogP contribution in [0.1, 0.15) is 17.5 Å². The Balaban J connectivity index is 1.72. The monoisotopic (exact) mass is 343 g/mol. The second-order valence-corrected chi connectivity index (χ2v) is 6.45. The molecule has 1 saturated heterocycles. The van der Waals surface area contributed by atoms with Gasteiger partial charge in [-0.2, -0.15) is 0 Å². The number of aryl methyl sites for hydroxylation is 2. The van der Waals surface area contributed by atoms with Crippen LogP contribution in [0, 0.1) is 19.8 Å². The first-order valence-electron chi connectivity index (χ1n) is 7.74. The SMILES string of the molecule is Cc1ccnc(NC(=O)[C@@H]2CC(=O)N(c3ccc(C)c(Cl)c3)C2)c1. The lowest BCUT2D eigenvalue weighted by atomic mass is 10.1. The van der Waals surface area contributed by atoms with Crippen LogP contribution in [0.3, 0.4) is 0 Å². The smallest absolute Gasteiger partial charge is 0.230 e. The number of carbonyl (C=O) groups excluding carboxylic acids is 2. The fraction of sp³-hybridized carbons (Fsp3) is 0.278. The standard InChI is InChI=1S/C18H18ClN3O2/c1-11-5-6-20-16(7-11)21-18(24)13-8-17(23)22(10-13)14-4-3-12(2)15(19)9-14/h3-7,9,13H,8,10H2,1-2H3,(H,20,21,24)/t13-/m1/s1. The highest BCUT2D eigenvalue weighted by Crippen LogP contribution is 2.29. The third kappa shape index (κ3) is 3.41. The van der Waals surface area contributed by atoms with Gasteiger partial charge < -0.3 is 10.2 Å². The van der Waals surface area contributed by atoms with Crippen molar-refractivity contribution in [2.24, 2.45) is 5.92 Å². The van der Waals surface area contributed by atoms with Gasteiger partial charge in [-0.15, -0.1) is 0 Å². The predicted octanol–water partition coefficient (Wildman–Crippen LogP) is 3.34. The van der Waals surface area contributed by atoms with E-state index in [1.165, 1.54) is 0 Å². The van der Waals surface area contributed by atoms with Crippen molar-refractivity contribution >= 4 is 34.9 Å². The second-order valence-electron chi connectivity index (χ2n) is 6.05. The molecule has 1 aromatic carbocycles. The molecular weight excluding hydrogens is 326 g/mol. The number of pyridine rings is 1. The van der Waals surface area contributed by atoms with Gasteiger partial charge in [-0.05, 0) is 49.2 Å². The zero-order valence-electron chi connectivity index (χ0n) is 13.5. The average Bonchev–Trinajstić information content (AvgIpc) is 2.92. The Hall–Kier alpha value is -2.40. The van der Waals surface area contributed by atoms with Gasteiger partial charge in [-0.1, -0.05) is 17.7 Å². The van der Waals surface area contributed by atoms with E-state index in [0.29, 0.717) is 17.4 Å². The molecule has 0 bridgehead atoms. The highest BCUT2D eigenvalue weighted by Gasteiger charge is 2.35. The van der Waals surface area contributed by atoms with E-state index < -0.39 is 5.92 Å². The minimum absolute atomic E-state index is 0.0766. The van der Waals surface area contributed by atoms with E-state index in [9.17, 15) is 9.59 Å². The lowest BCUT2D eigenvalue weighted by Crippen LogP contribution is -2.28. The fourth-order valence-electron chi connectivity index (χ4n) is 2.72. The second kappa shape index (κ2) is 6.61. The molecule has 0 radical (unpaired) electrons. The molecule has 0 aliphatic carbocycles. The van der Waals surface area contributed by atoms with E-state index in [2.05, 4.69) is 10.3 Å². The molecule has 5 nitrogen and oxygen atoms in total. The fourth-order valence-corrected chi connectivity index (χ4v) is 2.89. The largest absolute Gasteiger partial charge is 0.312 e. The summed E-state index contributed by atoms with van der Waals surface area (Å²) in [6, 6.07) is 9.14. The zero-order valence-corrected chi connectivity index (χ0v) is 14.3. The summed E-state index contributed by atoms with van der Waals surface area (Å²) < 4.78 is 0. The molecule has 0 unspecified atom stereocenters. The molecule has 3 rings (SSSR count). The molecule has 0 saturated carbocycles. The van der Waals surface area contributed by atoms with Crippen LogP contribution in [-0.2, 0) is 9.59 Å². The molecule has 1 N–H and O–H groups in total. The van der Waals surface area contributed by atoms with Crippen LogP contribution in [0.4, 0.5) is 11.5 Å². The molecule has 24 heavy (non-hydrogen) atoms. The van der Waals surface area contributed by atoms with Crippen LogP contribution in [0.2, 0.25) is 5.02 Å². The van der Waals surface area contributed by atoms with Crippen LogP contribution in [-0.4, -0.2) is 23.3 Å². The predicted molar refractivity (Wildman–Crippen MR) is 94.3 cm³/mol. The average molecular weight is 344 g/mol. The first-order valence-corrected chi connectivity index (χ1v) is 8.12. The Morgan fingerprint density at radius 3 is 2.79 bits per heavy atom.